The fraction of sp³-hybridized carbons (Fsp3) is 0.812. The van der Waals surface area contributed by atoms with Gasteiger partial charge in [-0.2, -0.15) is 0 Å². The maximum Gasteiger partial charge on any atom is 0.0955 e. The van der Waals surface area contributed by atoms with Crippen molar-refractivity contribution < 1.29 is 0 Å². The fourth-order valence-corrected chi connectivity index (χ4v) is 3.27. The van der Waals surface area contributed by atoms with E-state index in [-0.39, 0.29) is 0 Å². The normalized spacial score (nSPS) is 12.8. The van der Waals surface area contributed by atoms with Gasteiger partial charge in [0.05, 0.1) is 5.01 Å². The molecule has 0 aliphatic rings. The van der Waals surface area contributed by atoms with Gasteiger partial charge in [-0.1, -0.05) is 65.2 Å². The first-order valence-corrected chi connectivity index (χ1v) is 8.65. The molecular weight excluding hydrogens is 238 g/mol. The van der Waals surface area contributed by atoms with Gasteiger partial charge in [-0.15, -0.1) is 11.3 Å². The second kappa shape index (κ2) is 10.5. The van der Waals surface area contributed by atoms with Crippen molar-refractivity contribution in [1.29, 1.82) is 0 Å². The summed E-state index contributed by atoms with van der Waals surface area (Å²) < 4.78 is 0. The molecule has 1 rings (SSSR count). The summed E-state index contributed by atoms with van der Waals surface area (Å²) in [7, 11) is 0. The lowest BCUT2D eigenvalue weighted by atomic mass is 9.95. The molecule has 0 saturated carbocycles. The first kappa shape index (κ1) is 15.7. The molecule has 0 spiro atoms. The van der Waals surface area contributed by atoms with Gasteiger partial charge in [0.25, 0.3) is 0 Å². The average Bonchev–Trinajstić information content (AvgIpc) is 2.90. The van der Waals surface area contributed by atoms with Crippen molar-refractivity contribution in [2.24, 2.45) is 0 Å². The Balaban J connectivity index is 2.26. The fourth-order valence-electron chi connectivity index (χ4n) is 2.46. The lowest BCUT2D eigenvalue weighted by molar-refractivity contribution is 0.496. The van der Waals surface area contributed by atoms with Crippen LogP contribution in [0.5, 0.6) is 0 Å². The van der Waals surface area contributed by atoms with Crippen molar-refractivity contribution in [2.75, 3.05) is 0 Å². The van der Waals surface area contributed by atoms with E-state index in [1.807, 2.05) is 17.5 Å². The summed E-state index contributed by atoms with van der Waals surface area (Å²) in [5.41, 5.74) is 0. The largest absolute Gasteiger partial charge is 0.249 e. The highest BCUT2D eigenvalue weighted by Gasteiger charge is 2.13. The third-order valence-electron chi connectivity index (χ3n) is 3.61. The van der Waals surface area contributed by atoms with Crippen LogP contribution in [0.25, 0.3) is 0 Å². The number of aromatic nitrogens is 1. The molecule has 1 atom stereocenters. The zero-order valence-corrected chi connectivity index (χ0v) is 13.0. The Bertz CT molecular complexity index is 269. The number of nitrogens with zero attached hydrogens (tertiary/aromatic N) is 1. The molecule has 1 aromatic heterocycles. The minimum absolute atomic E-state index is 0.734. The van der Waals surface area contributed by atoms with E-state index in [1.54, 1.807) is 0 Å². The van der Waals surface area contributed by atoms with Crippen LogP contribution in [0.15, 0.2) is 11.6 Å². The molecule has 1 unspecified atom stereocenters. The third kappa shape index (κ3) is 6.53. The van der Waals surface area contributed by atoms with Crippen LogP contribution < -0.4 is 0 Å². The van der Waals surface area contributed by atoms with E-state index >= 15 is 0 Å². The summed E-state index contributed by atoms with van der Waals surface area (Å²) in [5.74, 6) is 0.734. The Morgan fingerprint density at radius 2 is 1.56 bits per heavy atom. The molecule has 1 heterocycles. The van der Waals surface area contributed by atoms with E-state index in [0.29, 0.717) is 0 Å². The quantitative estimate of drug-likeness (QED) is 0.437. The summed E-state index contributed by atoms with van der Waals surface area (Å²) in [6.45, 7) is 4.56. The number of rotatable bonds is 11. The van der Waals surface area contributed by atoms with Crippen molar-refractivity contribution in [3.8, 4) is 0 Å². The van der Waals surface area contributed by atoms with Crippen LogP contribution in [0.2, 0.25) is 0 Å². The molecule has 0 saturated heterocycles. The van der Waals surface area contributed by atoms with E-state index in [1.165, 1.54) is 69.2 Å². The second-order valence-electron chi connectivity index (χ2n) is 5.27. The van der Waals surface area contributed by atoms with Crippen molar-refractivity contribution >= 4 is 11.3 Å². The van der Waals surface area contributed by atoms with Gasteiger partial charge in [0.2, 0.25) is 0 Å². The Kier molecular flexibility index (Phi) is 9.19. The van der Waals surface area contributed by atoms with Crippen LogP contribution in [-0.4, -0.2) is 4.98 Å². The van der Waals surface area contributed by atoms with Crippen molar-refractivity contribution in [3.05, 3.63) is 16.6 Å². The van der Waals surface area contributed by atoms with Gasteiger partial charge in [-0.05, 0) is 12.8 Å². The van der Waals surface area contributed by atoms with Gasteiger partial charge < -0.3 is 0 Å². The lowest BCUT2D eigenvalue weighted by Crippen LogP contribution is -1.99. The van der Waals surface area contributed by atoms with Gasteiger partial charge in [-0.3, -0.25) is 0 Å². The molecule has 0 N–H and O–H groups in total. The Morgan fingerprint density at radius 1 is 0.944 bits per heavy atom. The zero-order valence-electron chi connectivity index (χ0n) is 12.2. The highest BCUT2D eigenvalue weighted by atomic mass is 32.1. The lowest BCUT2D eigenvalue weighted by Gasteiger charge is -2.14. The molecule has 0 bridgehead atoms. The van der Waals surface area contributed by atoms with Crippen molar-refractivity contribution in [1.82, 2.24) is 4.98 Å². The third-order valence-corrected chi connectivity index (χ3v) is 4.55. The van der Waals surface area contributed by atoms with Crippen LogP contribution in [0.4, 0.5) is 0 Å². The Labute approximate surface area is 117 Å². The minimum atomic E-state index is 0.734. The SMILES string of the molecule is CCCCCCCC(CCCCC)c1nccs1. The standard InChI is InChI=1S/C16H29NS/c1-3-5-7-8-10-12-15(11-9-6-4-2)16-17-13-14-18-16/h13-15H,3-12H2,1-2H3. The molecule has 2 heteroatoms. The molecular formula is C16H29NS. The van der Waals surface area contributed by atoms with Gasteiger partial charge in [0, 0.05) is 17.5 Å². The molecule has 104 valence electrons. The smallest absolute Gasteiger partial charge is 0.0955 e. The topological polar surface area (TPSA) is 12.9 Å². The van der Waals surface area contributed by atoms with Crippen molar-refractivity contribution in [2.45, 2.75) is 84.0 Å². The van der Waals surface area contributed by atoms with Crippen molar-refractivity contribution in [3.63, 3.8) is 0 Å². The molecule has 1 aromatic rings. The van der Waals surface area contributed by atoms with Gasteiger partial charge in [0.1, 0.15) is 0 Å². The monoisotopic (exact) mass is 267 g/mol. The van der Waals surface area contributed by atoms with Crippen LogP contribution in [0.3, 0.4) is 0 Å². The number of hydrogen-bond donors (Lipinski definition) is 0. The van der Waals surface area contributed by atoms with Gasteiger partial charge in [-0.25, -0.2) is 4.98 Å². The number of hydrogen-bond acceptors (Lipinski definition) is 2. The van der Waals surface area contributed by atoms with Gasteiger partial charge >= 0.3 is 0 Å². The summed E-state index contributed by atoms with van der Waals surface area (Å²) in [6, 6.07) is 0. The average molecular weight is 267 g/mol. The Hall–Kier alpha value is -0.370. The van der Waals surface area contributed by atoms with E-state index in [9.17, 15) is 0 Å². The molecule has 0 aliphatic carbocycles. The summed E-state index contributed by atoms with van der Waals surface area (Å²) in [6.07, 6.45) is 15.7. The molecule has 0 fully saturated rings. The predicted octanol–water partition coefficient (Wildman–Crippen LogP) is 6.17. The van der Waals surface area contributed by atoms with Crippen LogP contribution in [-0.2, 0) is 0 Å². The Morgan fingerprint density at radius 3 is 2.17 bits per heavy atom. The molecule has 1 nitrogen and oxygen atoms in total. The summed E-state index contributed by atoms with van der Waals surface area (Å²) >= 11 is 1.85. The molecule has 0 radical (unpaired) electrons. The maximum atomic E-state index is 4.53. The number of unbranched alkanes of at least 4 members (excludes halogenated alkanes) is 6. The molecule has 18 heavy (non-hydrogen) atoms. The van der Waals surface area contributed by atoms with Gasteiger partial charge in [0.15, 0.2) is 0 Å². The van der Waals surface area contributed by atoms with Crippen LogP contribution >= 0.6 is 11.3 Å². The summed E-state index contributed by atoms with van der Waals surface area (Å²) in [4.78, 5) is 4.53. The van der Waals surface area contributed by atoms with E-state index in [2.05, 4.69) is 24.2 Å². The number of thiazole rings is 1. The minimum Gasteiger partial charge on any atom is -0.249 e. The molecule has 0 amide bonds. The molecule has 0 aliphatic heterocycles. The zero-order chi connectivity index (χ0) is 13.1. The van der Waals surface area contributed by atoms with E-state index < -0.39 is 0 Å². The van der Waals surface area contributed by atoms with Crippen LogP contribution in [0.1, 0.15) is 89.0 Å². The summed E-state index contributed by atoms with van der Waals surface area (Å²) in [5, 5.41) is 3.50. The van der Waals surface area contributed by atoms with E-state index in [4.69, 9.17) is 0 Å². The molecule has 0 aromatic carbocycles. The van der Waals surface area contributed by atoms with Crippen LogP contribution in [0, 0.1) is 0 Å². The van der Waals surface area contributed by atoms with E-state index in [0.717, 1.165) is 5.92 Å². The first-order chi connectivity index (χ1) is 8.88. The second-order valence-corrected chi connectivity index (χ2v) is 6.19. The predicted molar refractivity (Wildman–Crippen MR) is 82.4 cm³/mol. The maximum absolute atomic E-state index is 4.53. The highest BCUT2D eigenvalue weighted by Crippen LogP contribution is 2.29. The highest BCUT2D eigenvalue weighted by molar-refractivity contribution is 7.09. The first-order valence-electron chi connectivity index (χ1n) is 7.77.